The van der Waals surface area contributed by atoms with Gasteiger partial charge in [0.1, 0.15) is 5.78 Å². The highest BCUT2D eigenvalue weighted by atomic mass is 35.5. The largest absolute Gasteiger partial charge is 0.494 e. The molecule has 1 unspecified atom stereocenters. The maximum absolute atomic E-state index is 12.2. The Hall–Kier alpha value is -1.09. The summed E-state index contributed by atoms with van der Waals surface area (Å²) in [6, 6.07) is 1.82. The van der Waals surface area contributed by atoms with Crippen LogP contribution >= 0.6 is 11.6 Å². The molecule has 0 radical (unpaired) electrons. The van der Waals surface area contributed by atoms with Crippen molar-refractivity contribution in [3.8, 4) is 5.75 Å². The number of rotatable bonds is 2. The quantitative estimate of drug-likeness (QED) is 0.760. The molecule has 1 saturated carbocycles. The highest BCUT2D eigenvalue weighted by Gasteiger charge is 2.41. The predicted molar refractivity (Wildman–Crippen MR) is 66.6 cm³/mol. The van der Waals surface area contributed by atoms with Gasteiger partial charge in [0.2, 0.25) is 0 Å². The number of halogens is 1. The smallest absolute Gasteiger partial charge is 0.171 e. The van der Waals surface area contributed by atoms with Crippen molar-refractivity contribution < 1.29 is 9.53 Å². The molecule has 1 heterocycles. The minimum atomic E-state index is -0.225. The lowest BCUT2D eigenvalue weighted by atomic mass is 9.87. The van der Waals surface area contributed by atoms with Crippen LogP contribution in [-0.2, 0) is 4.79 Å². The SMILES string of the molecule is COc1cc(C2CCC(C)(C)C2=O)cnc1Cl. The van der Waals surface area contributed by atoms with Crippen LogP contribution in [-0.4, -0.2) is 17.9 Å². The van der Waals surface area contributed by atoms with E-state index in [2.05, 4.69) is 4.98 Å². The fraction of sp³-hybridized carbons (Fsp3) is 0.538. The number of ether oxygens (including phenoxy) is 1. The van der Waals surface area contributed by atoms with E-state index < -0.39 is 0 Å². The first-order chi connectivity index (χ1) is 7.95. The van der Waals surface area contributed by atoms with Gasteiger partial charge in [0.25, 0.3) is 0 Å². The maximum Gasteiger partial charge on any atom is 0.171 e. The average molecular weight is 254 g/mol. The van der Waals surface area contributed by atoms with Crippen LogP contribution in [0.3, 0.4) is 0 Å². The van der Waals surface area contributed by atoms with Gasteiger partial charge in [-0.3, -0.25) is 4.79 Å². The van der Waals surface area contributed by atoms with Crippen molar-refractivity contribution in [2.75, 3.05) is 7.11 Å². The number of methoxy groups -OCH3 is 1. The monoisotopic (exact) mass is 253 g/mol. The zero-order valence-electron chi connectivity index (χ0n) is 10.3. The molecule has 1 atom stereocenters. The third kappa shape index (κ3) is 2.16. The second kappa shape index (κ2) is 4.30. The summed E-state index contributed by atoms with van der Waals surface area (Å²) in [6.45, 7) is 3.99. The van der Waals surface area contributed by atoms with E-state index in [1.807, 2.05) is 19.9 Å². The molecule has 1 aromatic heterocycles. The molecule has 17 heavy (non-hydrogen) atoms. The molecule has 92 valence electrons. The van der Waals surface area contributed by atoms with Gasteiger partial charge in [0.05, 0.1) is 7.11 Å². The van der Waals surface area contributed by atoms with E-state index in [4.69, 9.17) is 16.3 Å². The molecule has 0 amide bonds. The highest BCUT2D eigenvalue weighted by molar-refractivity contribution is 6.30. The van der Waals surface area contributed by atoms with Crippen molar-refractivity contribution in [2.24, 2.45) is 5.41 Å². The van der Waals surface area contributed by atoms with Gasteiger partial charge in [0, 0.05) is 17.5 Å². The maximum atomic E-state index is 12.2. The number of aromatic nitrogens is 1. The highest BCUT2D eigenvalue weighted by Crippen LogP contribution is 2.43. The molecule has 0 spiro atoms. The number of carbonyl (C=O) groups is 1. The summed E-state index contributed by atoms with van der Waals surface area (Å²) in [4.78, 5) is 16.3. The average Bonchev–Trinajstić information content (AvgIpc) is 2.56. The van der Waals surface area contributed by atoms with E-state index >= 15 is 0 Å². The number of hydrogen-bond donors (Lipinski definition) is 0. The van der Waals surface area contributed by atoms with E-state index in [0.717, 1.165) is 18.4 Å². The molecule has 1 aliphatic carbocycles. The Kier molecular flexibility index (Phi) is 3.13. The zero-order chi connectivity index (χ0) is 12.6. The Morgan fingerprint density at radius 3 is 2.76 bits per heavy atom. The van der Waals surface area contributed by atoms with Gasteiger partial charge in [-0.1, -0.05) is 25.4 Å². The number of pyridine rings is 1. The Labute approximate surface area is 106 Å². The molecular weight excluding hydrogens is 238 g/mol. The van der Waals surface area contributed by atoms with E-state index in [1.165, 1.54) is 0 Å². The predicted octanol–water partition coefficient (Wildman–Crippen LogP) is 3.22. The van der Waals surface area contributed by atoms with Gasteiger partial charge in [-0.25, -0.2) is 4.98 Å². The second-order valence-electron chi connectivity index (χ2n) is 5.10. The van der Waals surface area contributed by atoms with E-state index in [0.29, 0.717) is 10.9 Å². The lowest BCUT2D eigenvalue weighted by Gasteiger charge is -2.16. The van der Waals surface area contributed by atoms with Crippen LogP contribution in [0.2, 0.25) is 5.15 Å². The zero-order valence-corrected chi connectivity index (χ0v) is 11.0. The summed E-state index contributed by atoms with van der Waals surface area (Å²) in [6.07, 6.45) is 3.47. The summed E-state index contributed by atoms with van der Waals surface area (Å²) in [5.41, 5.74) is 0.680. The lowest BCUT2D eigenvalue weighted by molar-refractivity contribution is -0.125. The minimum Gasteiger partial charge on any atom is -0.494 e. The summed E-state index contributed by atoms with van der Waals surface area (Å²) >= 11 is 5.87. The third-order valence-electron chi connectivity index (χ3n) is 3.49. The number of nitrogens with zero attached hydrogens (tertiary/aromatic N) is 1. The van der Waals surface area contributed by atoms with Crippen molar-refractivity contribution in [3.05, 3.63) is 23.0 Å². The first-order valence-electron chi connectivity index (χ1n) is 5.69. The third-order valence-corrected chi connectivity index (χ3v) is 3.78. The van der Waals surface area contributed by atoms with Crippen molar-refractivity contribution in [1.82, 2.24) is 4.98 Å². The van der Waals surface area contributed by atoms with Gasteiger partial charge < -0.3 is 4.74 Å². The van der Waals surface area contributed by atoms with Crippen molar-refractivity contribution in [1.29, 1.82) is 0 Å². The van der Waals surface area contributed by atoms with Crippen LogP contribution in [0.1, 0.15) is 38.2 Å². The van der Waals surface area contributed by atoms with Gasteiger partial charge in [-0.05, 0) is 24.5 Å². The summed E-state index contributed by atoms with van der Waals surface area (Å²) in [5, 5.41) is 0.334. The van der Waals surface area contributed by atoms with Crippen molar-refractivity contribution >= 4 is 17.4 Å². The summed E-state index contributed by atoms with van der Waals surface area (Å²) < 4.78 is 5.13. The van der Waals surface area contributed by atoms with E-state index in [9.17, 15) is 4.79 Å². The molecule has 2 rings (SSSR count). The molecular formula is C13H16ClNO2. The van der Waals surface area contributed by atoms with Crippen LogP contribution in [0.5, 0.6) is 5.75 Å². The van der Waals surface area contributed by atoms with Gasteiger partial charge in [-0.15, -0.1) is 0 Å². The fourth-order valence-electron chi connectivity index (χ4n) is 2.33. The first kappa shape index (κ1) is 12.4. The molecule has 0 bridgehead atoms. The molecule has 0 N–H and O–H groups in total. The standard InChI is InChI=1S/C13H16ClNO2/c1-13(2)5-4-9(11(13)16)8-6-10(17-3)12(14)15-7-8/h6-7,9H,4-5H2,1-3H3. The van der Waals surface area contributed by atoms with Crippen LogP contribution in [0, 0.1) is 5.41 Å². The molecule has 0 aliphatic heterocycles. The van der Waals surface area contributed by atoms with Crippen LogP contribution in [0.4, 0.5) is 0 Å². The molecule has 0 saturated heterocycles. The summed E-state index contributed by atoms with van der Waals surface area (Å²) in [5.74, 6) is 0.744. The topological polar surface area (TPSA) is 39.2 Å². The number of ketones is 1. The Bertz CT molecular complexity index is 457. The van der Waals surface area contributed by atoms with Gasteiger partial charge in [0.15, 0.2) is 10.9 Å². The number of carbonyl (C=O) groups excluding carboxylic acids is 1. The van der Waals surface area contributed by atoms with Crippen LogP contribution in [0.25, 0.3) is 0 Å². The Balaban J connectivity index is 2.33. The first-order valence-corrected chi connectivity index (χ1v) is 6.07. The normalized spacial score (nSPS) is 22.8. The lowest BCUT2D eigenvalue weighted by Crippen LogP contribution is -2.20. The van der Waals surface area contributed by atoms with Crippen LogP contribution < -0.4 is 4.74 Å². The van der Waals surface area contributed by atoms with Gasteiger partial charge in [-0.2, -0.15) is 0 Å². The second-order valence-corrected chi connectivity index (χ2v) is 5.46. The molecule has 0 aromatic carbocycles. The molecule has 4 heteroatoms. The van der Waals surface area contributed by atoms with E-state index in [1.54, 1.807) is 13.3 Å². The molecule has 3 nitrogen and oxygen atoms in total. The van der Waals surface area contributed by atoms with Gasteiger partial charge >= 0.3 is 0 Å². The molecule has 1 aromatic rings. The molecule has 1 aliphatic rings. The minimum absolute atomic E-state index is 0.0660. The Morgan fingerprint density at radius 1 is 1.53 bits per heavy atom. The van der Waals surface area contributed by atoms with Crippen molar-refractivity contribution in [2.45, 2.75) is 32.6 Å². The molecule has 1 fully saturated rings. The Morgan fingerprint density at radius 2 is 2.24 bits per heavy atom. The van der Waals surface area contributed by atoms with E-state index in [-0.39, 0.29) is 17.1 Å². The summed E-state index contributed by atoms with van der Waals surface area (Å²) in [7, 11) is 1.55. The van der Waals surface area contributed by atoms with Crippen LogP contribution in [0.15, 0.2) is 12.3 Å². The number of hydrogen-bond acceptors (Lipinski definition) is 3. The fourth-order valence-corrected chi connectivity index (χ4v) is 2.51. The van der Waals surface area contributed by atoms with Crippen molar-refractivity contribution in [3.63, 3.8) is 0 Å². The number of Topliss-reactive ketones (excluding diaryl/α,β-unsaturated/α-hetero) is 1.